The minimum atomic E-state index is -0.625. The second-order valence-corrected chi connectivity index (χ2v) is 3.88. The molecule has 0 aliphatic rings. The van der Waals surface area contributed by atoms with Gasteiger partial charge in [-0.1, -0.05) is 12.1 Å². The molecule has 20 heavy (non-hydrogen) atoms. The number of rotatable bonds is 6. The molecule has 7 heteroatoms. The van der Waals surface area contributed by atoms with Gasteiger partial charge in [0.05, 0.1) is 29.9 Å². The van der Waals surface area contributed by atoms with E-state index in [-0.39, 0.29) is 37.2 Å². The van der Waals surface area contributed by atoms with Crippen molar-refractivity contribution in [3.8, 4) is 12.1 Å². The Bertz CT molecular complexity index is 568. The van der Waals surface area contributed by atoms with Crippen molar-refractivity contribution in [2.75, 3.05) is 13.1 Å². The molecule has 0 fully saturated rings. The van der Waals surface area contributed by atoms with E-state index < -0.39 is 10.8 Å². The van der Waals surface area contributed by atoms with Crippen LogP contribution in [0.2, 0.25) is 0 Å². The van der Waals surface area contributed by atoms with Crippen LogP contribution < -0.4 is 0 Å². The SMILES string of the molecule is N#CCCN(CCC#N)C(=O)c1ccccc1[N+](=O)[O-]. The number of nitrogens with zero attached hydrogens (tertiary/aromatic N) is 4. The zero-order chi connectivity index (χ0) is 15.0. The lowest BCUT2D eigenvalue weighted by molar-refractivity contribution is -0.385. The van der Waals surface area contributed by atoms with Gasteiger partial charge in [0.25, 0.3) is 11.6 Å². The van der Waals surface area contributed by atoms with Crippen LogP contribution in [-0.4, -0.2) is 28.8 Å². The summed E-state index contributed by atoms with van der Waals surface area (Å²) in [6.07, 6.45) is 0.218. The van der Waals surface area contributed by atoms with Gasteiger partial charge in [-0.3, -0.25) is 14.9 Å². The normalized spacial score (nSPS) is 9.30. The largest absolute Gasteiger partial charge is 0.336 e. The van der Waals surface area contributed by atoms with Crippen molar-refractivity contribution in [3.05, 3.63) is 39.9 Å². The number of carbonyl (C=O) groups excluding carboxylic acids is 1. The fourth-order valence-electron chi connectivity index (χ4n) is 1.67. The Morgan fingerprint density at radius 3 is 2.25 bits per heavy atom. The summed E-state index contributed by atoms with van der Waals surface area (Å²) in [5.74, 6) is -0.539. The van der Waals surface area contributed by atoms with E-state index in [0.29, 0.717) is 0 Å². The highest BCUT2D eigenvalue weighted by Gasteiger charge is 2.23. The number of hydrogen-bond acceptors (Lipinski definition) is 5. The molecule has 0 aliphatic heterocycles. The Balaban J connectivity index is 3.03. The van der Waals surface area contributed by atoms with E-state index in [1.807, 2.05) is 12.1 Å². The van der Waals surface area contributed by atoms with Gasteiger partial charge in [-0.2, -0.15) is 10.5 Å². The van der Waals surface area contributed by atoms with Crippen LogP contribution in [0.4, 0.5) is 5.69 Å². The number of nitro groups is 1. The van der Waals surface area contributed by atoms with Crippen LogP contribution in [0.1, 0.15) is 23.2 Å². The molecule has 102 valence electrons. The van der Waals surface area contributed by atoms with Crippen molar-refractivity contribution < 1.29 is 9.72 Å². The summed E-state index contributed by atoms with van der Waals surface area (Å²) in [5, 5.41) is 28.1. The predicted molar refractivity (Wildman–Crippen MR) is 69.5 cm³/mol. The van der Waals surface area contributed by atoms with Crippen molar-refractivity contribution in [1.82, 2.24) is 4.90 Å². The molecule has 1 amide bonds. The van der Waals surface area contributed by atoms with Crippen molar-refractivity contribution >= 4 is 11.6 Å². The zero-order valence-corrected chi connectivity index (χ0v) is 10.7. The van der Waals surface area contributed by atoms with Crippen LogP contribution in [0.15, 0.2) is 24.3 Å². The summed E-state index contributed by atoms with van der Waals surface area (Å²) >= 11 is 0. The molecule has 0 bridgehead atoms. The van der Waals surface area contributed by atoms with Crippen molar-refractivity contribution in [1.29, 1.82) is 10.5 Å². The highest BCUT2D eigenvalue weighted by atomic mass is 16.6. The first-order valence-electron chi connectivity index (χ1n) is 5.88. The fourth-order valence-corrected chi connectivity index (χ4v) is 1.67. The minimum absolute atomic E-state index is 0.0339. The first kappa shape index (κ1) is 15.1. The first-order chi connectivity index (χ1) is 9.61. The molecule has 7 nitrogen and oxygen atoms in total. The predicted octanol–water partition coefficient (Wildman–Crippen LogP) is 1.86. The molecule has 0 aromatic heterocycles. The highest BCUT2D eigenvalue weighted by molar-refractivity contribution is 5.98. The Hall–Kier alpha value is -2.93. The van der Waals surface area contributed by atoms with Gasteiger partial charge < -0.3 is 4.90 Å². The van der Waals surface area contributed by atoms with Crippen LogP contribution in [0, 0.1) is 32.8 Å². The lowest BCUT2D eigenvalue weighted by atomic mass is 10.1. The molecular weight excluding hydrogens is 260 g/mol. The molecule has 0 unspecified atom stereocenters. The van der Waals surface area contributed by atoms with Gasteiger partial charge >= 0.3 is 0 Å². The molecule has 0 radical (unpaired) electrons. The summed E-state index contributed by atoms with van der Waals surface area (Å²) in [4.78, 5) is 23.9. The van der Waals surface area contributed by atoms with E-state index in [0.717, 1.165) is 0 Å². The molecule has 0 atom stereocenters. The fraction of sp³-hybridized carbons (Fsp3) is 0.308. The Morgan fingerprint density at radius 2 is 1.75 bits per heavy atom. The molecule has 1 aromatic carbocycles. The van der Waals surface area contributed by atoms with Gasteiger partial charge in [0.2, 0.25) is 0 Å². The highest BCUT2D eigenvalue weighted by Crippen LogP contribution is 2.19. The summed E-state index contributed by atoms with van der Waals surface area (Å²) in [6.45, 7) is 0.284. The zero-order valence-electron chi connectivity index (χ0n) is 10.7. The summed E-state index contributed by atoms with van der Waals surface area (Å²) in [7, 11) is 0. The Morgan fingerprint density at radius 1 is 1.20 bits per heavy atom. The molecule has 0 saturated carbocycles. The standard InChI is InChI=1S/C13H12N4O3/c14-7-3-9-16(10-4-8-15)13(18)11-5-1-2-6-12(11)17(19)20/h1-2,5-6H,3-4,9-10H2. The lowest BCUT2D eigenvalue weighted by Gasteiger charge is -2.20. The van der Waals surface area contributed by atoms with Crippen LogP contribution in [-0.2, 0) is 0 Å². The number of para-hydroxylation sites is 1. The third-order valence-corrected chi connectivity index (χ3v) is 2.61. The molecule has 0 spiro atoms. The number of amides is 1. The third kappa shape index (κ3) is 3.79. The molecular formula is C13H12N4O3. The van der Waals surface area contributed by atoms with E-state index in [4.69, 9.17) is 10.5 Å². The number of benzene rings is 1. The summed E-state index contributed by atoms with van der Waals surface area (Å²) in [5.41, 5.74) is -0.315. The van der Waals surface area contributed by atoms with Crippen LogP contribution in [0.3, 0.4) is 0 Å². The van der Waals surface area contributed by atoms with Gasteiger partial charge in [0, 0.05) is 19.2 Å². The third-order valence-electron chi connectivity index (χ3n) is 2.61. The maximum absolute atomic E-state index is 12.3. The van der Waals surface area contributed by atoms with Crippen LogP contribution in [0.25, 0.3) is 0 Å². The second kappa shape index (κ2) is 7.49. The quantitative estimate of drug-likeness (QED) is 0.579. The van der Waals surface area contributed by atoms with Crippen molar-refractivity contribution in [3.63, 3.8) is 0 Å². The molecule has 0 heterocycles. The lowest BCUT2D eigenvalue weighted by Crippen LogP contribution is -2.33. The van der Waals surface area contributed by atoms with E-state index in [2.05, 4.69) is 0 Å². The van der Waals surface area contributed by atoms with Crippen molar-refractivity contribution in [2.45, 2.75) is 12.8 Å². The Labute approximate surface area is 115 Å². The van der Waals surface area contributed by atoms with Gasteiger partial charge in [0.1, 0.15) is 5.56 Å². The number of nitriles is 2. The average molecular weight is 272 g/mol. The number of hydrogen-bond donors (Lipinski definition) is 0. The van der Waals surface area contributed by atoms with E-state index in [1.165, 1.54) is 29.2 Å². The Kier molecular flexibility index (Phi) is 5.67. The topological polar surface area (TPSA) is 111 Å². The second-order valence-electron chi connectivity index (χ2n) is 3.88. The van der Waals surface area contributed by atoms with Crippen LogP contribution in [0.5, 0.6) is 0 Å². The van der Waals surface area contributed by atoms with Crippen LogP contribution >= 0.6 is 0 Å². The molecule has 0 aliphatic carbocycles. The average Bonchev–Trinajstić information content (AvgIpc) is 2.46. The maximum Gasteiger partial charge on any atom is 0.282 e. The molecule has 1 rings (SSSR count). The molecule has 1 aromatic rings. The summed E-state index contributed by atoms with van der Waals surface area (Å²) in [6, 6.07) is 9.44. The van der Waals surface area contributed by atoms with E-state index >= 15 is 0 Å². The monoisotopic (exact) mass is 272 g/mol. The van der Waals surface area contributed by atoms with Gasteiger partial charge in [-0.15, -0.1) is 0 Å². The summed E-state index contributed by atoms with van der Waals surface area (Å²) < 4.78 is 0. The smallest absolute Gasteiger partial charge is 0.282 e. The molecule has 0 saturated heterocycles. The molecule has 0 N–H and O–H groups in total. The minimum Gasteiger partial charge on any atom is -0.336 e. The van der Waals surface area contributed by atoms with Crippen molar-refractivity contribution in [2.24, 2.45) is 0 Å². The van der Waals surface area contributed by atoms with E-state index in [9.17, 15) is 14.9 Å². The maximum atomic E-state index is 12.3. The number of nitro benzene ring substituents is 1. The van der Waals surface area contributed by atoms with Gasteiger partial charge in [0.15, 0.2) is 0 Å². The first-order valence-corrected chi connectivity index (χ1v) is 5.88. The van der Waals surface area contributed by atoms with E-state index in [1.54, 1.807) is 0 Å². The van der Waals surface area contributed by atoms with Gasteiger partial charge in [-0.05, 0) is 6.07 Å². The van der Waals surface area contributed by atoms with Gasteiger partial charge in [-0.25, -0.2) is 0 Å². The number of carbonyl (C=O) groups is 1.